The maximum Gasteiger partial charge on any atom is 0.312 e. The van der Waals surface area contributed by atoms with Crippen LogP contribution in [0.5, 0.6) is 0 Å². The molecule has 5 nitrogen and oxygen atoms in total. The van der Waals surface area contributed by atoms with Gasteiger partial charge in [-0.1, -0.05) is 29.4 Å². The highest BCUT2D eigenvalue weighted by Gasteiger charge is 2.13. The normalized spacial score (nSPS) is 10.3. The summed E-state index contributed by atoms with van der Waals surface area (Å²) in [6, 6.07) is 16.3. The number of carbonyl (C=O) groups excluding carboxylic acids is 1. The second kappa shape index (κ2) is 6.10. The van der Waals surface area contributed by atoms with Crippen molar-refractivity contribution in [3.63, 3.8) is 0 Å². The Labute approximate surface area is 126 Å². The highest BCUT2D eigenvalue weighted by molar-refractivity contribution is 5.84. The lowest BCUT2D eigenvalue weighted by atomic mass is 10.1. The number of benzene rings is 2. The summed E-state index contributed by atoms with van der Waals surface area (Å²) in [5.41, 5.74) is 2.62. The van der Waals surface area contributed by atoms with E-state index < -0.39 is 0 Å². The highest BCUT2D eigenvalue weighted by atomic mass is 16.5. The lowest BCUT2D eigenvalue weighted by molar-refractivity contribution is -0.144. The van der Waals surface area contributed by atoms with E-state index in [1.165, 1.54) is 0 Å². The average Bonchev–Trinajstić information content (AvgIpc) is 2.97. The number of nitriles is 1. The van der Waals surface area contributed by atoms with Crippen molar-refractivity contribution < 1.29 is 14.1 Å². The smallest absolute Gasteiger partial charge is 0.312 e. The molecule has 0 atom stereocenters. The van der Waals surface area contributed by atoms with Crippen LogP contribution in [-0.2, 0) is 22.6 Å². The molecular weight excluding hydrogens is 280 g/mol. The minimum atomic E-state index is -0.372. The van der Waals surface area contributed by atoms with Crippen molar-refractivity contribution in [2.24, 2.45) is 0 Å². The summed E-state index contributed by atoms with van der Waals surface area (Å²) in [5.74, 6) is -0.372. The lowest BCUT2D eigenvalue weighted by Crippen LogP contribution is -2.08. The summed E-state index contributed by atoms with van der Waals surface area (Å²) in [4.78, 5) is 11.9. The van der Waals surface area contributed by atoms with Gasteiger partial charge in [0.2, 0.25) is 0 Å². The third-order valence-electron chi connectivity index (χ3n) is 3.25. The van der Waals surface area contributed by atoms with E-state index in [1.807, 2.05) is 24.3 Å². The highest BCUT2D eigenvalue weighted by Crippen LogP contribution is 2.18. The zero-order valence-corrected chi connectivity index (χ0v) is 11.7. The standard InChI is InChI=1S/C17H12N2O3/c18-10-12-5-7-13(8-6-12)11-21-17(20)9-15-14-3-1-2-4-16(14)22-19-15/h1-8H,9,11H2. The van der Waals surface area contributed by atoms with Gasteiger partial charge in [-0.15, -0.1) is 0 Å². The number of carbonyl (C=O) groups is 1. The summed E-state index contributed by atoms with van der Waals surface area (Å²) in [7, 11) is 0. The number of hydrogen-bond donors (Lipinski definition) is 0. The van der Waals surface area contributed by atoms with Crippen molar-refractivity contribution in [2.45, 2.75) is 13.0 Å². The van der Waals surface area contributed by atoms with Crippen LogP contribution in [-0.4, -0.2) is 11.1 Å². The molecule has 1 heterocycles. The Hall–Kier alpha value is -3.13. The van der Waals surface area contributed by atoms with Gasteiger partial charge in [-0.3, -0.25) is 4.79 Å². The van der Waals surface area contributed by atoms with Crippen LogP contribution in [0.15, 0.2) is 53.1 Å². The molecule has 0 amide bonds. The van der Waals surface area contributed by atoms with E-state index in [4.69, 9.17) is 14.5 Å². The van der Waals surface area contributed by atoms with Crippen molar-refractivity contribution >= 4 is 16.9 Å². The Morgan fingerprint density at radius 3 is 2.73 bits per heavy atom. The first-order valence-corrected chi connectivity index (χ1v) is 6.74. The molecule has 108 valence electrons. The number of esters is 1. The number of nitrogens with zero attached hydrogens (tertiary/aromatic N) is 2. The third-order valence-corrected chi connectivity index (χ3v) is 3.25. The van der Waals surface area contributed by atoms with Crippen LogP contribution in [0.3, 0.4) is 0 Å². The predicted octanol–water partition coefficient (Wildman–Crippen LogP) is 2.99. The molecule has 0 spiro atoms. The van der Waals surface area contributed by atoms with E-state index in [1.54, 1.807) is 30.3 Å². The van der Waals surface area contributed by atoms with Crippen LogP contribution in [0.25, 0.3) is 11.0 Å². The van der Waals surface area contributed by atoms with Crippen LogP contribution in [0.4, 0.5) is 0 Å². The molecule has 2 aromatic carbocycles. The van der Waals surface area contributed by atoms with Gasteiger partial charge in [0.05, 0.1) is 18.1 Å². The van der Waals surface area contributed by atoms with Gasteiger partial charge in [-0.25, -0.2) is 0 Å². The van der Waals surface area contributed by atoms with Gasteiger partial charge < -0.3 is 9.26 Å². The van der Waals surface area contributed by atoms with Crippen molar-refractivity contribution in [3.8, 4) is 6.07 Å². The Morgan fingerprint density at radius 2 is 1.95 bits per heavy atom. The summed E-state index contributed by atoms with van der Waals surface area (Å²) in [5, 5.41) is 13.4. The number of hydrogen-bond acceptors (Lipinski definition) is 5. The first kappa shape index (κ1) is 13.8. The second-order valence-electron chi connectivity index (χ2n) is 4.77. The van der Waals surface area contributed by atoms with Crippen LogP contribution >= 0.6 is 0 Å². The number of para-hydroxylation sites is 1. The molecule has 0 bridgehead atoms. The van der Waals surface area contributed by atoms with Gasteiger partial charge in [-0.05, 0) is 29.8 Å². The molecule has 0 unspecified atom stereocenters. The Balaban J connectivity index is 1.61. The molecule has 22 heavy (non-hydrogen) atoms. The molecular formula is C17H12N2O3. The topological polar surface area (TPSA) is 76.1 Å². The SMILES string of the molecule is N#Cc1ccc(COC(=O)Cc2noc3ccccc23)cc1. The molecule has 5 heteroatoms. The number of aromatic nitrogens is 1. The number of fused-ring (bicyclic) bond motifs is 1. The van der Waals surface area contributed by atoms with Crippen molar-refractivity contribution in [1.29, 1.82) is 5.26 Å². The van der Waals surface area contributed by atoms with Gasteiger partial charge in [-0.2, -0.15) is 5.26 Å². The van der Waals surface area contributed by atoms with E-state index in [-0.39, 0.29) is 19.0 Å². The van der Waals surface area contributed by atoms with E-state index in [0.717, 1.165) is 10.9 Å². The van der Waals surface area contributed by atoms with Crippen LogP contribution in [0.1, 0.15) is 16.8 Å². The second-order valence-corrected chi connectivity index (χ2v) is 4.77. The number of ether oxygens (including phenoxy) is 1. The molecule has 0 aliphatic rings. The maximum absolute atomic E-state index is 11.9. The molecule has 3 aromatic rings. The zero-order chi connectivity index (χ0) is 15.4. The Morgan fingerprint density at radius 1 is 1.18 bits per heavy atom. The van der Waals surface area contributed by atoms with E-state index in [2.05, 4.69) is 5.16 Å². The van der Waals surface area contributed by atoms with E-state index in [9.17, 15) is 4.79 Å². The molecule has 0 radical (unpaired) electrons. The van der Waals surface area contributed by atoms with Crippen LogP contribution in [0.2, 0.25) is 0 Å². The lowest BCUT2D eigenvalue weighted by Gasteiger charge is -2.04. The number of rotatable bonds is 4. The minimum absolute atomic E-state index is 0.0628. The summed E-state index contributed by atoms with van der Waals surface area (Å²) in [6.45, 7) is 0.167. The van der Waals surface area contributed by atoms with Crippen molar-refractivity contribution in [1.82, 2.24) is 5.16 Å². The van der Waals surface area contributed by atoms with Gasteiger partial charge in [0.1, 0.15) is 12.3 Å². The Bertz CT molecular complexity index is 844. The van der Waals surface area contributed by atoms with E-state index >= 15 is 0 Å². The zero-order valence-electron chi connectivity index (χ0n) is 11.7. The van der Waals surface area contributed by atoms with Crippen molar-refractivity contribution in [3.05, 3.63) is 65.4 Å². The monoisotopic (exact) mass is 292 g/mol. The Kier molecular flexibility index (Phi) is 3.84. The van der Waals surface area contributed by atoms with Crippen LogP contribution in [0, 0.1) is 11.3 Å². The maximum atomic E-state index is 11.9. The molecule has 0 aliphatic carbocycles. The molecule has 0 saturated heterocycles. The fourth-order valence-corrected chi connectivity index (χ4v) is 2.09. The van der Waals surface area contributed by atoms with Gasteiger partial charge in [0.15, 0.2) is 5.58 Å². The summed E-state index contributed by atoms with van der Waals surface area (Å²) in [6.07, 6.45) is 0.0628. The summed E-state index contributed by atoms with van der Waals surface area (Å²) < 4.78 is 10.4. The van der Waals surface area contributed by atoms with Gasteiger partial charge >= 0.3 is 5.97 Å². The molecule has 0 saturated carbocycles. The first-order chi connectivity index (χ1) is 10.8. The molecule has 0 N–H and O–H groups in total. The predicted molar refractivity (Wildman–Crippen MR) is 78.7 cm³/mol. The minimum Gasteiger partial charge on any atom is -0.461 e. The molecule has 0 aliphatic heterocycles. The third kappa shape index (κ3) is 2.96. The quantitative estimate of drug-likeness (QED) is 0.691. The van der Waals surface area contributed by atoms with Crippen LogP contribution < -0.4 is 0 Å². The van der Waals surface area contributed by atoms with Gasteiger partial charge in [0, 0.05) is 5.39 Å². The summed E-state index contributed by atoms with van der Waals surface area (Å²) >= 11 is 0. The largest absolute Gasteiger partial charge is 0.461 e. The van der Waals surface area contributed by atoms with Crippen molar-refractivity contribution in [2.75, 3.05) is 0 Å². The van der Waals surface area contributed by atoms with E-state index in [0.29, 0.717) is 16.8 Å². The van der Waals surface area contributed by atoms with Gasteiger partial charge in [0.25, 0.3) is 0 Å². The fourth-order valence-electron chi connectivity index (χ4n) is 2.09. The molecule has 0 fully saturated rings. The molecule has 3 rings (SSSR count). The fraction of sp³-hybridized carbons (Fsp3) is 0.118. The average molecular weight is 292 g/mol. The first-order valence-electron chi connectivity index (χ1n) is 6.74. The molecule has 1 aromatic heterocycles.